The van der Waals surface area contributed by atoms with Gasteiger partial charge in [-0.3, -0.25) is 14.4 Å². The van der Waals surface area contributed by atoms with E-state index in [1.165, 1.54) is 4.90 Å². The molecule has 11 nitrogen and oxygen atoms in total. The van der Waals surface area contributed by atoms with Gasteiger partial charge < -0.3 is 30.7 Å². The van der Waals surface area contributed by atoms with E-state index in [1.807, 2.05) is 87.8 Å². The fourth-order valence-corrected chi connectivity index (χ4v) is 6.34. The molecule has 0 saturated carbocycles. The molecule has 4 amide bonds. The number of aliphatic hydroxyl groups excluding tert-OH is 1. The summed E-state index contributed by atoms with van der Waals surface area (Å²) in [6.45, 7) is 12.8. The van der Waals surface area contributed by atoms with Crippen LogP contribution in [-0.2, 0) is 32.1 Å². The van der Waals surface area contributed by atoms with E-state index in [0.717, 1.165) is 27.3 Å². The van der Waals surface area contributed by atoms with Crippen LogP contribution in [0, 0.1) is 12.3 Å². The zero-order valence-electron chi connectivity index (χ0n) is 28.7. The number of aromatic nitrogens is 1. The molecule has 0 spiro atoms. The van der Waals surface area contributed by atoms with Gasteiger partial charge in [-0.15, -0.1) is 11.3 Å². The minimum atomic E-state index is -1.06. The molecule has 12 heteroatoms. The van der Waals surface area contributed by atoms with Crippen molar-refractivity contribution in [2.45, 2.75) is 97.7 Å². The summed E-state index contributed by atoms with van der Waals surface area (Å²) in [7, 11) is 0. The van der Waals surface area contributed by atoms with E-state index in [2.05, 4.69) is 20.9 Å². The number of carbonyl (C=O) groups is 4. The third kappa shape index (κ3) is 9.86. The molecule has 1 fully saturated rings. The Hall–Kier alpha value is -4.29. The fourth-order valence-electron chi connectivity index (χ4n) is 5.53. The predicted octanol–water partition coefficient (Wildman–Crippen LogP) is 4.36. The van der Waals surface area contributed by atoms with Crippen molar-refractivity contribution in [2.75, 3.05) is 6.54 Å². The lowest BCUT2D eigenvalue weighted by molar-refractivity contribution is -0.144. The Morgan fingerprint density at radius 2 is 1.65 bits per heavy atom. The minimum absolute atomic E-state index is 0.0497. The maximum Gasteiger partial charge on any atom is 0.408 e. The molecule has 1 aliphatic heterocycles. The smallest absolute Gasteiger partial charge is 0.408 e. The van der Waals surface area contributed by atoms with E-state index in [9.17, 15) is 24.3 Å². The first-order valence-electron chi connectivity index (χ1n) is 16.1. The van der Waals surface area contributed by atoms with Gasteiger partial charge in [-0.2, -0.15) is 0 Å². The van der Waals surface area contributed by atoms with Gasteiger partial charge in [0.05, 0.1) is 22.2 Å². The molecule has 4 N–H and O–H groups in total. The van der Waals surface area contributed by atoms with Crippen LogP contribution < -0.4 is 16.0 Å². The number of nitrogens with zero attached hydrogens (tertiary/aromatic N) is 2. The molecule has 4 atom stereocenters. The summed E-state index contributed by atoms with van der Waals surface area (Å²) >= 11 is 1.57. The number of likely N-dealkylation sites (tertiary alicyclic amines) is 1. The Kier molecular flexibility index (Phi) is 11.6. The van der Waals surface area contributed by atoms with Crippen LogP contribution in [0.5, 0.6) is 0 Å². The molecule has 1 saturated heterocycles. The Bertz CT molecular complexity index is 1580. The van der Waals surface area contributed by atoms with E-state index >= 15 is 0 Å². The molecule has 1 aromatic heterocycles. The second-order valence-corrected chi connectivity index (χ2v) is 15.1. The van der Waals surface area contributed by atoms with Gasteiger partial charge in [-0.1, -0.05) is 75.4 Å². The number of carbonyl (C=O) groups excluding carboxylic acids is 4. The summed E-state index contributed by atoms with van der Waals surface area (Å²) in [6.07, 6.45) is -1.43. The first-order chi connectivity index (χ1) is 22.5. The van der Waals surface area contributed by atoms with Crippen molar-refractivity contribution in [3.05, 3.63) is 76.9 Å². The van der Waals surface area contributed by atoms with Gasteiger partial charge >= 0.3 is 6.09 Å². The maximum absolute atomic E-state index is 14.1. The first kappa shape index (κ1) is 36.5. The van der Waals surface area contributed by atoms with Crippen molar-refractivity contribution in [3.63, 3.8) is 0 Å². The molecule has 0 radical (unpaired) electrons. The molecule has 0 bridgehead atoms. The number of hydrogen-bond acceptors (Lipinski definition) is 8. The van der Waals surface area contributed by atoms with Crippen LogP contribution in [0.2, 0.25) is 0 Å². The summed E-state index contributed by atoms with van der Waals surface area (Å²) in [6, 6.07) is 14.0. The average molecular weight is 678 g/mol. The molecule has 0 aliphatic carbocycles. The maximum atomic E-state index is 14.1. The lowest BCUT2D eigenvalue weighted by atomic mass is 9.85. The molecule has 1 aliphatic rings. The number of β-amino-alcohol motifs (C(OH)–C–C–N with tert-alkyl or cyclic N) is 1. The van der Waals surface area contributed by atoms with E-state index < -0.39 is 59.1 Å². The summed E-state index contributed by atoms with van der Waals surface area (Å²) < 4.78 is 5.41. The van der Waals surface area contributed by atoms with Crippen LogP contribution in [0.4, 0.5) is 4.79 Å². The van der Waals surface area contributed by atoms with E-state index in [1.54, 1.807) is 32.1 Å². The average Bonchev–Trinajstić information content (AvgIpc) is 3.62. The number of rotatable bonds is 10. The van der Waals surface area contributed by atoms with Crippen molar-refractivity contribution >= 4 is 35.2 Å². The molecule has 2 aromatic carbocycles. The number of aliphatic hydroxyl groups is 1. The molecule has 2 heterocycles. The fraction of sp³-hybridized carbons (Fsp3) is 0.472. The zero-order valence-corrected chi connectivity index (χ0v) is 29.5. The highest BCUT2D eigenvalue weighted by Gasteiger charge is 2.45. The third-order valence-electron chi connectivity index (χ3n) is 7.98. The molecule has 48 heavy (non-hydrogen) atoms. The van der Waals surface area contributed by atoms with Crippen LogP contribution >= 0.6 is 11.3 Å². The van der Waals surface area contributed by atoms with Gasteiger partial charge in [0, 0.05) is 25.9 Å². The summed E-state index contributed by atoms with van der Waals surface area (Å²) in [5.74, 6) is -1.46. The lowest BCUT2D eigenvalue weighted by Gasteiger charge is -2.36. The van der Waals surface area contributed by atoms with Crippen LogP contribution in [0.1, 0.15) is 64.8 Å². The monoisotopic (exact) mass is 677 g/mol. The van der Waals surface area contributed by atoms with Crippen molar-refractivity contribution in [1.29, 1.82) is 0 Å². The van der Waals surface area contributed by atoms with Crippen LogP contribution in [0.15, 0.2) is 60.1 Å². The Morgan fingerprint density at radius 3 is 2.23 bits per heavy atom. The molecule has 3 aromatic rings. The molecule has 258 valence electrons. The standard InChI is InChI=1S/C36H47N5O6S/c1-22-29(48-21-38-22)25-15-13-24(14-16-25)19-37-32(44)28-18-26(42)20-41(28)33(45)30(35(2,3)4)40-31(43)27(17-23-11-9-8-10-12-23)39-34(46)47-36(5,6)7/h8-16,21,26-28,30,42H,17-20H2,1-7H3,(H,37,44)(H,39,46)(H,40,43)/t26-,27+,28+,30-/m1/s1. The van der Waals surface area contributed by atoms with E-state index in [0.29, 0.717) is 0 Å². The Morgan fingerprint density at radius 1 is 0.979 bits per heavy atom. The highest BCUT2D eigenvalue weighted by atomic mass is 32.1. The molecule has 0 unspecified atom stereocenters. The first-order valence-corrected chi connectivity index (χ1v) is 17.0. The second-order valence-electron chi connectivity index (χ2n) is 14.3. The number of amides is 4. The number of ether oxygens (including phenoxy) is 1. The van der Waals surface area contributed by atoms with Crippen LogP contribution in [0.25, 0.3) is 10.4 Å². The number of hydrogen-bond donors (Lipinski definition) is 4. The number of nitrogens with one attached hydrogen (secondary N) is 3. The second kappa shape index (κ2) is 15.3. The van der Waals surface area contributed by atoms with Gasteiger partial charge in [-0.05, 0) is 49.8 Å². The highest BCUT2D eigenvalue weighted by Crippen LogP contribution is 2.28. The van der Waals surface area contributed by atoms with Gasteiger partial charge in [0.15, 0.2) is 0 Å². The zero-order chi connectivity index (χ0) is 35.2. The third-order valence-corrected chi connectivity index (χ3v) is 8.96. The van der Waals surface area contributed by atoms with Crippen LogP contribution in [0.3, 0.4) is 0 Å². The number of aryl methyl sites for hydroxylation is 1. The quantitative estimate of drug-likeness (QED) is 0.249. The largest absolute Gasteiger partial charge is 0.444 e. The Balaban J connectivity index is 1.47. The van der Waals surface area contributed by atoms with Gasteiger partial charge in [-0.25, -0.2) is 9.78 Å². The van der Waals surface area contributed by atoms with Gasteiger partial charge in [0.25, 0.3) is 0 Å². The van der Waals surface area contributed by atoms with Crippen molar-refractivity contribution < 1.29 is 29.0 Å². The SMILES string of the molecule is Cc1ncsc1-c1ccc(CNC(=O)[C@@H]2C[C@@H](O)CN2C(=O)[C@@H](NC(=O)[C@H](Cc2ccccc2)NC(=O)OC(C)(C)C)C(C)(C)C)cc1. The summed E-state index contributed by atoms with van der Waals surface area (Å²) in [5, 5.41) is 19.0. The minimum Gasteiger partial charge on any atom is -0.444 e. The normalized spacial score (nSPS) is 17.7. The summed E-state index contributed by atoms with van der Waals surface area (Å²) in [5.41, 5.74) is 3.94. The number of benzene rings is 2. The van der Waals surface area contributed by atoms with Gasteiger partial charge in [0.1, 0.15) is 23.7 Å². The molecular formula is C36H47N5O6S. The predicted molar refractivity (Wildman–Crippen MR) is 185 cm³/mol. The lowest BCUT2D eigenvalue weighted by Crippen LogP contribution is -2.60. The molecular weight excluding hydrogens is 630 g/mol. The van der Waals surface area contributed by atoms with Gasteiger partial charge in [0.2, 0.25) is 17.7 Å². The summed E-state index contributed by atoms with van der Waals surface area (Å²) in [4.78, 5) is 60.8. The van der Waals surface area contributed by atoms with Crippen molar-refractivity contribution in [2.24, 2.45) is 5.41 Å². The topological polar surface area (TPSA) is 150 Å². The van der Waals surface area contributed by atoms with E-state index in [-0.39, 0.29) is 25.9 Å². The number of alkyl carbamates (subject to hydrolysis) is 1. The van der Waals surface area contributed by atoms with Crippen molar-refractivity contribution in [1.82, 2.24) is 25.8 Å². The Labute approximate surface area is 286 Å². The highest BCUT2D eigenvalue weighted by molar-refractivity contribution is 7.13. The number of thiazole rings is 1. The van der Waals surface area contributed by atoms with Crippen LogP contribution in [-0.4, -0.2) is 75.2 Å². The van der Waals surface area contributed by atoms with E-state index in [4.69, 9.17) is 4.74 Å². The molecule has 4 rings (SSSR count). The van der Waals surface area contributed by atoms with Crippen molar-refractivity contribution in [3.8, 4) is 10.4 Å².